The molecule has 0 spiro atoms. The van der Waals surface area contributed by atoms with Gasteiger partial charge in [0.15, 0.2) is 0 Å². The molecule has 1 rings (SSSR count). The average molecular weight is 332 g/mol. The molecule has 0 saturated carbocycles. The van der Waals surface area contributed by atoms with E-state index in [9.17, 15) is 0 Å². The Balaban J connectivity index is 0.00000232. The fourth-order valence-corrected chi connectivity index (χ4v) is 2.58. The van der Waals surface area contributed by atoms with Crippen molar-refractivity contribution in [3.63, 3.8) is 0 Å². The van der Waals surface area contributed by atoms with Gasteiger partial charge in [0.25, 0.3) is 0 Å². The number of nitrogens with one attached hydrogen (secondary N) is 2. The zero-order valence-electron chi connectivity index (χ0n) is 16.2. The second kappa shape index (κ2) is 16.7. The topological polar surface area (TPSA) is 45.8 Å². The molecule has 1 fully saturated rings. The van der Waals surface area contributed by atoms with Crippen LogP contribution in [0.3, 0.4) is 0 Å². The van der Waals surface area contributed by atoms with Gasteiger partial charge in [-0.15, -0.1) is 0 Å². The Bertz CT molecular complexity index is 232. The van der Waals surface area contributed by atoms with E-state index >= 15 is 0 Å². The minimum absolute atomic E-state index is 0.529. The van der Waals surface area contributed by atoms with Gasteiger partial charge in [-0.05, 0) is 32.5 Å². The Morgan fingerprint density at radius 3 is 2.17 bits per heavy atom. The monoisotopic (exact) mass is 331 g/mol. The van der Waals surface area contributed by atoms with Crippen molar-refractivity contribution in [2.75, 3.05) is 59.2 Å². The summed E-state index contributed by atoms with van der Waals surface area (Å²) in [7, 11) is 0. The van der Waals surface area contributed by atoms with Gasteiger partial charge in [-0.2, -0.15) is 0 Å². The Kier molecular flexibility index (Phi) is 16.5. The van der Waals surface area contributed by atoms with Gasteiger partial charge in [0, 0.05) is 25.2 Å². The molecule has 0 aromatic carbocycles. The fraction of sp³-hybridized carbons (Fsp3) is 1.00. The standard InChI is InChI=1S/C16H35N3O2.C2H6/c1-4-17-16-5-8-19(9-6-16)10-12-21-14-13-20-11-7-18-15(2)3;1-2/h15-18H,4-14H2,1-3H3;1-2H3. The minimum atomic E-state index is 0.529. The van der Waals surface area contributed by atoms with Crippen LogP contribution in [-0.4, -0.2) is 76.1 Å². The molecule has 0 aromatic heterocycles. The van der Waals surface area contributed by atoms with Crippen LogP contribution >= 0.6 is 0 Å². The van der Waals surface area contributed by atoms with Gasteiger partial charge in [-0.1, -0.05) is 34.6 Å². The number of likely N-dealkylation sites (tertiary alicyclic amines) is 1. The predicted molar refractivity (Wildman–Crippen MR) is 99.3 cm³/mol. The van der Waals surface area contributed by atoms with Gasteiger partial charge in [-0.3, -0.25) is 0 Å². The second-order valence-corrected chi connectivity index (χ2v) is 6.01. The van der Waals surface area contributed by atoms with E-state index in [1.165, 1.54) is 25.9 Å². The quantitative estimate of drug-likeness (QED) is 0.536. The van der Waals surface area contributed by atoms with Gasteiger partial charge >= 0.3 is 0 Å². The molecule has 140 valence electrons. The third-order valence-corrected chi connectivity index (χ3v) is 3.80. The highest BCUT2D eigenvalue weighted by Gasteiger charge is 2.17. The zero-order valence-corrected chi connectivity index (χ0v) is 16.2. The molecule has 5 heteroatoms. The molecule has 1 heterocycles. The fourth-order valence-electron chi connectivity index (χ4n) is 2.58. The van der Waals surface area contributed by atoms with Crippen LogP contribution in [0.4, 0.5) is 0 Å². The first kappa shape index (κ1) is 22.8. The van der Waals surface area contributed by atoms with Crippen LogP contribution in [0, 0.1) is 0 Å². The summed E-state index contributed by atoms with van der Waals surface area (Å²) in [5.74, 6) is 0. The highest BCUT2D eigenvalue weighted by molar-refractivity contribution is 4.76. The van der Waals surface area contributed by atoms with Crippen molar-refractivity contribution >= 4 is 0 Å². The van der Waals surface area contributed by atoms with Crippen LogP contribution in [0.5, 0.6) is 0 Å². The van der Waals surface area contributed by atoms with Gasteiger partial charge in [0.05, 0.1) is 26.4 Å². The number of hydrogen-bond donors (Lipinski definition) is 2. The summed E-state index contributed by atoms with van der Waals surface area (Å²) in [6, 6.07) is 1.25. The summed E-state index contributed by atoms with van der Waals surface area (Å²) in [5.41, 5.74) is 0. The van der Waals surface area contributed by atoms with E-state index in [-0.39, 0.29) is 0 Å². The molecule has 0 atom stereocenters. The Morgan fingerprint density at radius 1 is 1.00 bits per heavy atom. The Hall–Kier alpha value is -0.200. The number of rotatable bonds is 12. The average Bonchev–Trinajstić information content (AvgIpc) is 2.56. The SMILES string of the molecule is CC.CCNC1CCN(CCOCCOCCNC(C)C)CC1. The molecule has 0 amide bonds. The largest absolute Gasteiger partial charge is 0.378 e. The summed E-state index contributed by atoms with van der Waals surface area (Å²) in [5, 5.41) is 6.86. The van der Waals surface area contributed by atoms with Gasteiger partial charge in [0.2, 0.25) is 0 Å². The molecule has 2 N–H and O–H groups in total. The molecule has 0 bridgehead atoms. The van der Waals surface area contributed by atoms with Crippen molar-refractivity contribution < 1.29 is 9.47 Å². The van der Waals surface area contributed by atoms with E-state index in [2.05, 4.69) is 36.3 Å². The highest BCUT2D eigenvalue weighted by Crippen LogP contribution is 2.09. The maximum absolute atomic E-state index is 5.64. The summed E-state index contributed by atoms with van der Waals surface area (Å²) < 4.78 is 11.1. The first-order valence-corrected chi connectivity index (χ1v) is 9.57. The molecular formula is C18H41N3O2. The molecule has 0 aromatic rings. The highest BCUT2D eigenvalue weighted by atomic mass is 16.5. The van der Waals surface area contributed by atoms with Crippen LogP contribution in [-0.2, 0) is 9.47 Å². The Morgan fingerprint density at radius 2 is 1.61 bits per heavy atom. The van der Waals surface area contributed by atoms with E-state index in [1.807, 2.05) is 13.8 Å². The molecule has 1 aliphatic rings. The smallest absolute Gasteiger partial charge is 0.0701 e. The molecule has 0 radical (unpaired) electrons. The van der Waals surface area contributed by atoms with Crippen molar-refractivity contribution in [3.05, 3.63) is 0 Å². The van der Waals surface area contributed by atoms with Crippen LogP contribution < -0.4 is 10.6 Å². The van der Waals surface area contributed by atoms with Crippen LogP contribution in [0.15, 0.2) is 0 Å². The lowest BCUT2D eigenvalue weighted by atomic mass is 10.1. The molecule has 0 aliphatic carbocycles. The first-order valence-electron chi connectivity index (χ1n) is 9.57. The van der Waals surface area contributed by atoms with Gasteiger partial charge < -0.3 is 25.0 Å². The number of nitrogens with zero attached hydrogens (tertiary/aromatic N) is 1. The lowest BCUT2D eigenvalue weighted by molar-refractivity contribution is 0.0362. The van der Waals surface area contributed by atoms with Crippen LogP contribution in [0.25, 0.3) is 0 Å². The van der Waals surface area contributed by atoms with E-state index in [4.69, 9.17) is 9.47 Å². The maximum atomic E-state index is 5.64. The van der Waals surface area contributed by atoms with Gasteiger partial charge in [-0.25, -0.2) is 0 Å². The maximum Gasteiger partial charge on any atom is 0.0701 e. The van der Waals surface area contributed by atoms with Crippen LogP contribution in [0.2, 0.25) is 0 Å². The summed E-state index contributed by atoms with van der Waals surface area (Å²) in [4.78, 5) is 2.50. The minimum Gasteiger partial charge on any atom is -0.378 e. The molecule has 23 heavy (non-hydrogen) atoms. The van der Waals surface area contributed by atoms with Crippen molar-refractivity contribution in [2.45, 2.75) is 59.5 Å². The second-order valence-electron chi connectivity index (χ2n) is 6.01. The van der Waals surface area contributed by atoms with E-state index in [0.717, 1.165) is 38.9 Å². The van der Waals surface area contributed by atoms with Crippen LogP contribution in [0.1, 0.15) is 47.5 Å². The van der Waals surface area contributed by atoms with Crippen molar-refractivity contribution in [1.29, 1.82) is 0 Å². The van der Waals surface area contributed by atoms with Crippen molar-refractivity contribution in [2.24, 2.45) is 0 Å². The lowest BCUT2D eigenvalue weighted by Crippen LogP contribution is -2.43. The van der Waals surface area contributed by atoms with Crippen molar-refractivity contribution in [3.8, 4) is 0 Å². The summed E-state index contributed by atoms with van der Waals surface area (Å²) in [6.45, 7) is 18.9. The molecule has 0 unspecified atom stereocenters. The molecular weight excluding hydrogens is 290 g/mol. The van der Waals surface area contributed by atoms with E-state index < -0.39 is 0 Å². The molecule has 1 aliphatic heterocycles. The lowest BCUT2D eigenvalue weighted by Gasteiger charge is -2.32. The predicted octanol–water partition coefficient (Wildman–Crippen LogP) is 2.12. The number of hydrogen-bond acceptors (Lipinski definition) is 5. The van der Waals surface area contributed by atoms with E-state index in [1.54, 1.807) is 0 Å². The number of piperidine rings is 1. The summed E-state index contributed by atoms with van der Waals surface area (Å²) >= 11 is 0. The first-order chi connectivity index (χ1) is 11.2. The zero-order chi connectivity index (χ0) is 17.3. The normalized spacial score (nSPS) is 16.4. The summed E-state index contributed by atoms with van der Waals surface area (Å²) in [6.07, 6.45) is 2.53. The number of ether oxygens (including phenoxy) is 2. The third kappa shape index (κ3) is 13.9. The molecule has 5 nitrogen and oxygen atoms in total. The molecule has 1 saturated heterocycles. The van der Waals surface area contributed by atoms with Crippen molar-refractivity contribution in [1.82, 2.24) is 15.5 Å². The van der Waals surface area contributed by atoms with Gasteiger partial charge in [0.1, 0.15) is 0 Å². The Labute approximate surface area is 144 Å². The third-order valence-electron chi connectivity index (χ3n) is 3.80. The van der Waals surface area contributed by atoms with E-state index in [0.29, 0.717) is 19.3 Å².